The van der Waals surface area contributed by atoms with Crippen LogP contribution in [0.5, 0.6) is 0 Å². The Balaban J connectivity index is 1.91. The van der Waals surface area contributed by atoms with E-state index in [4.69, 9.17) is 0 Å². The zero-order chi connectivity index (χ0) is 18.4. The Bertz CT molecular complexity index is 624. The van der Waals surface area contributed by atoms with Crippen LogP contribution in [0.2, 0.25) is 0 Å². The monoisotopic (exact) mass is 364 g/mol. The van der Waals surface area contributed by atoms with Crippen LogP contribution < -0.4 is 0 Å². The highest BCUT2D eigenvalue weighted by Gasteiger charge is 2.67. The van der Waals surface area contributed by atoms with Gasteiger partial charge in [0.2, 0.25) is 0 Å². The van der Waals surface area contributed by atoms with Crippen LogP contribution in [-0.4, -0.2) is 17.5 Å². The van der Waals surface area contributed by atoms with Crippen molar-refractivity contribution in [1.82, 2.24) is 0 Å². The van der Waals surface area contributed by atoms with E-state index in [1.807, 2.05) is 6.92 Å². The summed E-state index contributed by atoms with van der Waals surface area (Å²) in [7, 11) is 0. The topological polar surface area (TPSA) is 0 Å². The van der Waals surface area contributed by atoms with Crippen molar-refractivity contribution in [1.29, 1.82) is 0 Å². The number of benzene rings is 1. The van der Waals surface area contributed by atoms with Gasteiger partial charge < -0.3 is 0 Å². The highest BCUT2D eigenvalue weighted by atomic mass is 19.2. The number of rotatable bonds is 3. The summed E-state index contributed by atoms with van der Waals surface area (Å²) < 4.78 is 85.8. The molecule has 0 radical (unpaired) electrons. The molecule has 140 valence electrons. The Morgan fingerprint density at radius 2 is 1.64 bits per heavy atom. The Morgan fingerprint density at radius 1 is 1.04 bits per heavy atom. The third-order valence-electron chi connectivity index (χ3n) is 6.08. The van der Waals surface area contributed by atoms with Crippen molar-refractivity contribution in [2.75, 3.05) is 0 Å². The van der Waals surface area contributed by atoms with Gasteiger partial charge in [0, 0.05) is 5.92 Å². The highest BCUT2D eigenvalue weighted by Crippen LogP contribution is 2.59. The molecule has 0 spiro atoms. The molecule has 5 unspecified atom stereocenters. The molecule has 1 aromatic rings. The lowest BCUT2D eigenvalue weighted by molar-refractivity contribution is -0.0550. The van der Waals surface area contributed by atoms with Gasteiger partial charge in [0.1, 0.15) is 11.8 Å². The van der Waals surface area contributed by atoms with Crippen LogP contribution in [0.15, 0.2) is 12.1 Å². The van der Waals surface area contributed by atoms with Gasteiger partial charge in [-0.15, -0.1) is 0 Å². The highest BCUT2D eigenvalue weighted by molar-refractivity contribution is 5.31. The first-order valence-corrected chi connectivity index (χ1v) is 8.88. The lowest BCUT2D eigenvalue weighted by Crippen LogP contribution is -2.47. The minimum atomic E-state index is -2.67. The molecule has 2 aliphatic carbocycles. The van der Waals surface area contributed by atoms with Crippen LogP contribution in [0.4, 0.5) is 26.3 Å². The summed E-state index contributed by atoms with van der Waals surface area (Å²) in [6.45, 7) is 1.99. The molecule has 0 saturated heterocycles. The zero-order valence-corrected chi connectivity index (χ0v) is 14.1. The van der Waals surface area contributed by atoms with E-state index in [1.54, 1.807) is 0 Å². The summed E-state index contributed by atoms with van der Waals surface area (Å²) in [4.78, 5) is 0. The SMILES string of the molecule is CCCC1CCC2(F)CC(c3cc(F)c(F)c(F)c3)C(F)C2(F)CC1. The van der Waals surface area contributed by atoms with Crippen molar-refractivity contribution < 1.29 is 26.3 Å². The average Bonchev–Trinajstić information content (AvgIpc) is 2.68. The Kier molecular flexibility index (Phi) is 4.84. The molecule has 1 aromatic carbocycles. The summed E-state index contributed by atoms with van der Waals surface area (Å²) in [5.74, 6) is -5.76. The minimum absolute atomic E-state index is 0.1000. The fourth-order valence-corrected chi connectivity index (χ4v) is 4.62. The fraction of sp³-hybridized carbons (Fsp3) is 0.684. The molecule has 2 saturated carbocycles. The second-order valence-electron chi connectivity index (χ2n) is 7.57. The predicted octanol–water partition coefficient (Wildman–Crippen LogP) is 6.34. The number of halogens is 6. The van der Waals surface area contributed by atoms with Gasteiger partial charge in [-0.3, -0.25) is 0 Å². The molecule has 0 aromatic heterocycles. The summed E-state index contributed by atoms with van der Waals surface area (Å²) in [6, 6.07) is 1.29. The maximum Gasteiger partial charge on any atom is 0.194 e. The standard InChI is InChI=1S/C19H22F6/c1-2-3-11-4-6-18(24)10-13(17(23)19(18,25)7-5-11)12-8-14(20)16(22)15(21)9-12/h8-9,11,13,17H,2-7,10H2,1H3. The van der Waals surface area contributed by atoms with E-state index < -0.39 is 47.3 Å². The van der Waals surface area contributed by atoms with E-state index >= 15 is 8.78 Å². The molecular weight excluding hydrogens is 342 g/mol. The third kappa shape index (κ3) is 2.95. The first-order valence-electron chi connectivity index (χ1n) is 8.88. The first-order chi connectivity index (χ1) is 11.7. The van der Waals surface area contributed by atoms with Crippen molar-refractivity contribution in [3.8, 4) is 0 Å². The summed E-state index contributed by atoms with van der Waals surface area (Å²) in [6.07, 6.45) is -0.401. The average molecular weight is 364 g/mol. The van der Waals surface area contributed by atoms with Crippen LogP contribution >= 0.6 is 0 Å². The molecule has 0 amide bonds. The first kappa shape index (κ1) is 18.6. The van der Waals surface area contributed by atoms with Crippen LogP contribution in [0.3, 0.4) is 0 Å². The Morgan fingerprint density at radius 3 is 2.24 bits per heavy atom. The molecule has 2 fully saturated rings. The van der Waals surface area contributed by atoms with Crippen molar-refractivity contribution in [3.05, 3.63) is 35.1 Å². The van der Waals surface area contributed by atoms with E-state index in [1.165, 1.54) is 0 Å². The second-order valence-corrected chi connectivity index (χ2v) is 7.57. The number of hydrogen-bond donors (Lipinski definition) is 0. The fourth-order valence-electron chi connectivity index (χ4n) is 4.62. The molecule has 5 atom stereocenters. The molecule has 0 nitrogen and oxygen atoms in total. The van der Waals surface area contributed by atoms with E-state index in [-0.39, 0.29) is 24.3 Å². The molecule has 0 heterocycles. The van der Waals surface area contributed by atoms with Crippen molar-refractivity contribution in [3.63, 3.8) is 0 Å². The normalized spacial score (nSPS) is 38.4. The van der Waals surface area contributed by atoms with Gasteiger partial charge in [-0.2, -0.15) is 0 Å². The van der Waals surface area contributed by atoms with Gasteiger partial charge in [0.15, 0.2) is 23.1 Å². The predicted molar refractivity (Wildman–Crippen MR) is 83.1 cm³/mol. The molecule has 0 N–H and O–H groups in total. The number of hydrogen-bond acceptors (Lipinski definition) is 0. The molecule has 6 heteroatoms. The van der Waals surface area contributed by atoms with Crippen molar-refractivity contribution >= 4 is 0 Å². The molecule has 0 bridgehead atoms. The minimum Gasteiger partial charge on any atom is -0.243 e. The van der Waals surface area contributed by atoms with Gasteiger partial charge in [0.05, 0.1) is 0 Å². The van der Waals surface area contributed by atoms with Crippen LogP contribution in [0, 0.1) is 23.4 Å². The maximum absolute atomic E-state index is 15.4. The van der Waals surface area contributed by atoms with E-state index in [2.05, 4.69) is 0 Å². The van der Waals surface area contributed by atoms with E-state index in [9.17, 15) is 17.6 Å². The van der Waals surface area contributed by atoms with Crippen molar-refractivity contribution in [2.24, 2.45) is 5.92 Å². The molecule has 0 aliphatic heterocycles. The second kappa shape index (κ2) is 6.51. The summed E-state index contributed by atoms with van der Waals surface area (Å²) in [5.41, 5.74) is -5.25. The van der Waals surface area contributed by atoms with Crippen molar-refractivity contribution in [2.45, 2.75) is 75.3 Å². The zero-order valence-electron chi connectivity index (χ0n) is 14.1. The van der Waals surface area contributed by atoms with E-state index in [0.717, 1.165) is 12.8 Å². The van der Waals surface area contributed by atoms with Gasteiger partial charge in [-0.1, -0.05) is 19.8 Å². The van der Waals surface area contributed by atoms with E-state index in [0.29, 0.717) is 25.0 Å². The maximum atomic E-state index is 15.4. The molecule has 2 aliphatic rings. The summed E-state index contributed by atoms with van der Waals surface area (Å²) in [5, 5.41) is 0. The molecule has 25 heavy (non-hydrogen) atoms. The van der Waals surface area contributed by atoms with Gasteiger partial charge in [-0.05, 0) is 55.7 Å². The van der Waals surface area contributed by atoms with Crippen LogP contribution in [0.25, 0.3) is 0 Å². The van der Waals surface area contributed by atoms with Gasteiger partial charge in [-0.25, -0.2) is 26.3 Å². The van der Waals surface area contributed by atoms with Crippen LogP contribution in [-0.2, 0) is 0 Å². The Labute approximate surface area is 143 Å². The van der Waals surface area contributed by atoms with Gasteiger partial charge in [0.25, 0.3) is 0 Å². The largest absolute Gasteiger partial charge is 0.243 e. The number of fused-ring (bicyclic) bond motifs is 1. The lowest BCUT2D eigenvalue weighted by atomic mass is 9.84. The smallest absolute Gasteiger partial charge is 0.194 e. The number of alkyl halides is 3. The summed E-state index contributed by atoms with van der Waals surface area (Å²) >= 11 is 0. The Hall–Kier alpha value is -1.20. The van der Waals surface area contributed by atoms with Gasteiger partial charge >= 0.3 is 0 Å². The lowest BCUT2D eigenvalue weighted by Gasteiger charge is -2.32. The molecule has 3 rings (SSSR count). The molecular formula is C19H22F6. The quantitative estimate of drug-likeness (QED) is 0.434. The third-order valence-corrected chi connectivity index (χ3v) is 6.08. The van der Waals surface area contributed by atoms with Crippen LogP contribution in [0.1, 0.15) is 63.4 Å².